The number of thioether (sulfide) groups is 1. The number of benzene rings is 2. The molecular formula is C24H27NO6S. The van der Waals surface area contributed by atoms with Crippen LogP contribution in [0.4, 0.5) is 0 Å². The van der Waals surface area contributed by atoms with Gasteiger partial charge in [-0.05, 0) is 24.3 Å². The maximum atomic E-state index is 13.5. The largest absolute Gasteiger partial charge is 0.493 e. The number of nitrogens with zero attached hydrogens (tertiary/aromatic N) is 1. The summed E-state index contributed by atoms with van der Waals surface area (Å²) in [4.78, 5) is 14.0. The molecule has 0 saturated carbocycles. The van der Waals surface area contributed by atoms with Crippen molar-refractivity contribution in [2.75, 3.05) is 33.7 Å². The van der Waals surface area contributed by atoms with Crippen molar-refractivity contribution in [2.24, 2.45) is 7.05 Å². The second-order valence-corrected chi connectivity index (χ2v) is 8.17. The van der Waals surface area contributed by atoms with Gasteiger partial charge in [-0.25, -0.2) is 0 Å². The summed E-state index contributed by atoms with van der Waals surface area (Å²) in [6.07, 6.45) is 2.82. The van der Waals surface area contributed by atoms with E-state index in [0.29, 0.717) is 27.7 Å². The average molecular weight is 458 g/mol. The molecule has 2 aromatic carbocycles. The van der Waals surface area contributed by atoms with E-state index in [-0.39, 0.29) is 18.1 Å². The highest BCUT2D eigenvalue weighted by atomic mass is 32.2. The number of ketones is 1. The molecule has 3 rings (SSSR count). The number of methoxy groups -OCH3 is 3. The normalized spacial score (nSPS) is 12.6. The van der Waals surface area contributed by atoms with Crippen LogP contribution in [-0.4, -0.2) is 60.4 Å². The molecule has 0 fully saturated rings. The van der Waals surface area contributed by atoms with Gasteiger partial charge < -0.3 is 29.0 Å². The summed E-state index contributed by atoms with van der Waals surface area (Å²) in [5, 5.41) is 20.1. The van der Waals surface area contributed by atoms with Gasteiger partial charge >= 0.3 is 0 Å². The highest BCUT2D eigenvalue weighted by molar-refractivity contribution is 8.04. The second kappa shape index (κ2) is 10.6. The summed E-state index contributed by atoms with van der Waals surface area (Å²) in [6.45, 7) is -0.382. The van der Waals surface area contributed by atoms with E-state index in [9.17, 15) is 15.0 Å². The summed E-state index contributed by atoms with van der Waals surface area (Å²) in [6, 6.07) is 11.1. The average Bonchev–Trinajstić information content (AvgIpc) is 3.15. The maximum absolute atomic E-state index is 13.5. The van der Waals surface area contributed by atoms with Gasteiger partial charge in [-0.1, -0.05) is 18.2 Å². The van der Waals surface area contributed by atoms with Crippen LogP contribution in [0.2, 0.25) is 0 Å². The van der Waals surface area contributed by atoms with Gasteiger partial charge in [0.15, 0.2) is 17.3 Å². The first-order valence-corrected chi connectivity index (χ1v) is 10.9. The van der Waals surface area contributed by atoms with Crippen LogP contribution >= 0.6 is 11.8 Å². The third kappa shape index (κ3) is 4.93. The molecule has 32 heavy (non-hydrogen) atoms. The molecule has 0 aliphatic carbocycles. The van der Waals surface area contributed by atoms with Gasteiger partial charge in [-0.3, -0.25) is 4.79 Å². The Bertz CT molecular complexity index is 1110. The lowest BCUT2D eigenvalue weighted by Gasteiger charge is -2.15. The van der Waals surface area contributed by atoms with Crippen molar-refractivity contribution in [3.63, 3.8) is 0 Å². The van der Waals surface area contributed by atoms with Crippen LogP contribution in [0, 0.1) is 0 Å². The van der Waals surface area contributed by atoms with Gasteiger partial charge in [-0.15, -0.1) is 11.8 Å². The number of hydrogen-bond acceptors (Lipinski definition) is 7. The third-order valence-electron chi connectivity index (χ3n) is 5.01. The number of ether oxygens (including phenoxy) is 3. The number of aryl methyl sites for hydroxylation is 1. The Kier molecular flexibility index (Phi) is 7.84. The fourth-order valence-corrected chi connectivity index (χ4v) is 4.33. The number of allylic oxidation sites excluding steroid dienone is 1. The van der Waals surface area contributed by atoms with Crippen LogP contribution in [0.3, 0.4) is 0 Å². The molecule has 170 valence electrons. The topological polar surface area (TPSA) is 90.2 Å². The quantitative estimate of drug-likeness (QED) is 0.356. The van der Waals surface area contributed by atoms with Crippen molar-refractivity contribution in [3.8, 4) is 17.2 Å². The Morgan fingerprint density at radius 1 is 1.12 bits per heavy atom. The molecule has 1 aromatic heterocycles. The zero-order valence-electron chi connectivity index (χ0n) is 18.5. The SMILES string of the molecule is COc1cc(C(=O)/C(=C\c2cn(C)c3ccccc23)SCC(O)CO)cc(OC)c1OC. The van der Waals surface area contributed by atoms with E-state index in [2.05, 4.69) is 0 Å². The molecule has 0 spiro atoms. The fraction of sp³-hybridized carbons (Fsp3) is 0.292. The molecule has 8 heteroatoms. The van der Waals surface area contributed by atoms with E-state index in [1.54, 1.807) is 12.1 Å². The Hall–Kier alpha value is -2.94. The van der Waals surface area contributed by atoms with Crippen molar-refractivity contribution < 1.29 is 29.2 Å². The molecule has 0 saturated heterocycles. The van der Waals surface area contributed by atoms with Crippen LogP contribution in [0.1, 0.15) is 15.9 Å². The number of para-hydroxylation sites is 1. The first-order chi connectivity index (χ1) is 15.4. The molecule has 1 atom stereocenters. The standard InChI is InChI=1S/C24H27NO6S/c1-25-12-16(18-7-5-6-8-19(18)25)11-22(32-14-17(27)13-26)23(28)15-9-20(29-2)24(31-4)21(10-15)30-3/h5-12,17,26-27H,13-14H2,1-4H3/b22-11+. The Labute approximate surface area is 191 Å². The molecule has 1 unspecified atom stereocenters. The maximum Gasteiger partial charge on any atom is 0.203 e. The molecule has 0 aliphatic rings. The summed E-state index contributed by atoms with van der Waals surface area (Å²) < 4.78 is 18.1. The number of aliphatic hydroxyl groups excluding tert-OH is 2. The number of aliphatic hydroxyl groups is 2. The Balaban J connectivity index is 2.09. The fourth-order valence-electron chi connectivity index (χ4n) is 3.40. The van der Waals surface area contributed by atoms with Gasteiger partial charge in [0.25, 0.3) is 0 Å². The zero-order valence-corrected chi connectivity index (χ0v) is 19.3. The molecule has 1 heterocycles. The van der Waals surface area contributed by atoms with Gasteiger partial charge in [0, 0.05) is 41.0 Å². The van der Waals surface area contributed by atoms with Gasteiger partial charge in [-0.2, -0.15) is 0 Å². The van der Waals surface area contributed by atoms with Crippen molar-refractivity contribution in [2.45, 2.75) is 6.10 Å². The van der Waals surface area contributed by atoms with Crippen LogP contribution in [-0.2, 0) is 7.05 Å². The van der Waals surface area contributed by atoms with Crippen LogP contribution in [0.25, 0.3) is 17.0 Å². The Morgan fingerprint density at radius 3 is 2.38 bits per heavy atom. The van der Waals surface area contributed by atoms with Crippen LogP contribution in [0.5, 0.6) is 17.2 Å². The minimum Gasteiger partial charge on any atom is -0.493 e. The Morgan fingerprint density at radius 2 is 1.78 bits per heavy atom. The predicted molar refractivity (Wildman–Crippen MR) is 127 cm³/mol. The number of rotatable bonds is 10. The van der Waals surface area contributed by atoms with Gasteiger partial charge in [0.05, 0.1) is 38.9 Å². The monoisotopic (exact) mass is 457 g/mol. The molecule has 0 amide bonds. The number of hydrogen-bond donors (Lipinski definition) is 2. The molecule has 3 aromatic rings. The molecule has 7 nitrogen and oxygen atoms in total. The first-order valence-electron chi connectivity index (χ1n) is 9.95. The van der Waals surface area contributed by atoms with E-state index in [1.165, 1.54) is 33.1 Å². The second-order valence-electron chi connectivity index (χ2n) is 7.11. The van der Waals surface area contributed by atoms with E-state index in [4.69, 9.17) is 14.2 Å². The van der Waals surface area contributed by atoms with E-state index in [0.717, 1.165) is 16.5 Å². The van der Waals surface area contributed by atoms with Crippen molar-refractivity contribution in [1.82, 2.24) is 4.57 Å². The van der Waals surface area contributed by atoms with E-state index in [1.807, 2.05) is 48.2 Å². The minimum absolute atomic E-state index is 0.170. The molecule has 0 bridgehead atoms. The lowest BCUT2D eigenvalue weighted by molar-refractivity contribution is 0.104. The van der Waals surface area contributed by atoms with Crippen LogP contribution < -0.4 is 14.2 Å². The van der Waals surface area contributed by atoms with Crippen molar-refractivity contribution >= 4 is 34.5 Å². The van der Waals surface area contributed by atoms with E-state index >= 15 is 0 Å². The van der Waals surface area contributed by atoms with Crippen LogP contribution in [0.15, 0.2) is 47.5 Å². The zero-order chi connectivity index (χ0) is 23.3. The first kappa shape index (κ1) is 23.7. The molecule has 0 radical (unpaired) electrons. The number of Topliss-reactive ketones (excluding diaryl/α,β-unsaturated/α-hetero) is 1. The third-order valence-corrected chi connectivity index (χ3v) is 6.17. The molecular weight excluding hydrogens is 430 g/mol. The van der Waals surface area contributed by atoms with E-state index < -0.39 is 6.10 Å². The van der Waals surface area contributed by atoms with Crippen molar-refractivity contribution in [3.05, 3.63) is 58.6 Å². The summed E-state index contributed by atoms with van der Waals surface area (Å²) in [5.74, 6) is 1.06. The lowest BCUT2D eigenvalue weighted by atomic mass is 10.1. The number of fused-ring (bicyclic) bond motifs is 1. The molecule has 0 aliphatic heterocycles. The highest BCUT2D eigenvalue weighted by Crippen LogP contribution is 2.39. The summed E-state index contributed by atoms with van der Waals surface area (Å²) >= 11 is 1.19. The molecule has 2 N–H and O–H groups in total. The van der Waals surface area contributed by atoms with Gasteiger partial charge in [0.2, 0.25) is 5.75 Å². The van der Waals surface area contributed by atoms with Gasteiger partial charge in [0.1, 0.15) is 0 Å². The smallest absolute Gasteiger partial charge is 0.203 e. The highest BCUT2D eigenvalue weighted by Gasteiger charge is 2.21. The number of carbonyl (C=O) groups is 1. The predicted octanol–water partition coefficient (Wildman–Crippen LogP) is 3.51. The summed E-state index contributed by atoms with van der Waals surface area (Å²) in [7, 11) is 6.43. The summed E-state index contributed by atoms with van der Waals surface area (Å²) in [5.41, 5.74) is 2.28. The lowest BCUT2D eigenvalue weighted by Crippen LogP contribution is -2.16. The van der Waals surface area contributed by atoms with Crippen molar-refractivity contribution in [1.29, 1.82) is 0 Å². The minimum atomic E-state index is -0.941. The number of carbonyl (C=O) groups excluding carboxylic acids is 1. The number of aromatic nitrogens is 1.